The van der Waals surface area contributed by atoms with Gasteiger partial charge in [0.2, 0.25) is 0 Å². The average Bonchev–Trinajstić information content (AvgIpc) is 1.69. The highest BCUT2D eigenvalue weighted by Crippen LogP contribution is 1.93. The zero-order valence-corrected chi connectivity index (χ0v) is 5.08. The molecule has 0 saturated carbocycles. The monoisotopic (exact) mass is 121 g/mol. The molecule has 1 nitrogen and oxygen atoms in total. The van der Waals surface area contributed by atoms with Gasteiger partial charge in [-0.1, -0.05) is 19.8 Å². The Morgan fingerprint density at radius 1 is 1.43 bits per heavy atom. The summed E-state index contributed by atoms with van der Waals surface area (Å²) in [5, 5.41) is 0. The largest absolute Gasteiger partial charge is 0.279 e. The second-order valence-electron chi connectivity index (χ2n) is 1.37. The third-order valence-corrected chi connectivity index (χ3v) is 0.876. The lowest BCUT2D eigenvalue weighted by Crippen LogP contribution is -1.81. The fourth-order valence-electron chi connectivity index (χ4n) is 0.333. The Kier molecular flexibility index (Phi) is 6.47. The van der Waals surface area contributed by atoms with Gasteiger partial charge in [-0.25, -0.2) is 0 Å². The van der Waals surface area contributed by atoms with Crippen molar-refractivity contribution in [2.75, 3.05) is 6.61 Å². The molecule has 7 heavy (non-hydrogen) atoms. The van der Waals surface area contributed by atoms with E-state index in [1.165, 1.54) is 0 Å². The Bertz CT molecular complexity index is 27.3. The fourth-order valence-corrected chi connectivity index (χ4v) is 0.443. The lowest BCUT2D eigenvalue weighted by atomic mass is 10.3. The van der Waals surface area contributed by atoms with Crippen LogP contribution in [0, 0.1) is 6.92 Å². The van der Waals surface area contributed by atoms with E-state index in [9.17, 15) is 0 Å². The molecule has 0 aromatic carbocycles. The second-order valence-corrected chi connectivity index (χ2v) is 1.59. The maximum atomic E-state index is 4.92. The zero-order chi connectivity index (χ0) is 5.54. The van der Waals surface area contributed by atoms with Crippen molar-refractivity contribution in [3.8, 4) is 0 Å². The molecule has 1 radical (unpaired) electrons. The molecule has 2 heteroatoms. The molecule has 0 unspecified atom stereocenters. The topological polar surface area (TPSA) is 9.23 Å². The van der Waals surface area contributed by atoms with E-state index in [1.54, 1.807) is 0 Å². The highest BCUT2D eigenvalue weighted by Gasteiger charge is 1.81. The van der Waals surface area contributed by atoms with Crippen LogP contribution in [-0.4, -0.2) is 6.61 Å². The molecule has 43 valence electrons. The minimum Gasteiger partial charge on any atom is -0.279 e. The van der Waals surface area contributed by atoms with Gasteiger partial charge in [-0.05, 0) is 6.42 Å². The number of unbranched alkanes of at least 4 members (excludes halogenated alkanes) is 2. The standard InChI is InChI=1S/C5H10ClO/c1-2-3-4-5-7-6/h1-5H2. The van der Waals surface area contributed by atoms with Crippen LogP contribution in [0.2, 0.25) is 0 Å². The van der Waals surface area contributed by atoms with E-state index in [1.807, 2.05) is 0 Å². The van der Waals surface area contributed by atoms with Gasteiger partial charge < -0.3 is 0 Å². The van der Waals surface area contributed by atoms with Crippen LogP contribution in [0.3, 0.4) is 0 Å². The summed E-state index contributed by atoms with van der Waals surface area (Å²) < 4.78 is 4.29. The van der Waals surface area contributed by atoms with E-state index in [2.05, 4.69) is 11.2 Å². The Morgan fingerprint density at radius 2 is 2.14 bits per heavy atom. The van der Waals surface area contributed by atoms with Crippen LogP contribution in [0.15, 0.2) is 0 Å². The van der Waals surface area contributed by atoms with Crippen LogP contribution in [0.4, 0.5) is 0 Å². The van der Waals surface area contributed by atoms with Crippen molar-refractivity contribution in [2.24, 2.45) is 0 Å². The van der Waals surface area contributed by atoms with Crippen LogP contribution in [0.25, 0.3) is 0 Å². The summed E-state index contributed by atoms with van der Waals surface area (Å²) in [5.41, 5.74) is 0. The van der Waals surface area contributed by atoms with Crippen molar-refractivity contribution in [3.63, 3.8) is 0 Å². The minimum absolute atomic E-state index is 0.650. The predicted molar refractivity (Wildman–Crippen MR) is 31.0 cm³/mol. The molecule has 0 aromatic heterocycles. The number of hydrogen-bond donors (Lipinski definition) is 0. The lowest BCUT2D eigenvalue weighted by Gasteiger charge is -1.90. The van der Waals surface area contributed by atoms with E-state index in [0.29, 0.717) is 6.61 Å². The number of halogens is 1. The molecule has 0 spiro atoms. The molecule has 0 aliphatic heterocycles. The van der Waals surface area contributed by atoms with Crippen LogP contribution >= 0.6 is 11.9 Å². The van der Waals surface area contributed by atoms with Gasteiger partial charge in [0.25, 0.3) is 0 Å². The second kappa shape index (κ2) is 6.25. The smallest absolute Gasteiger partial charge is 0.0682 e. The van der Waals surface area contributed by atoms with E-state index in [-0.39, 0.29) is 0 Å². The summed E-state index contributed by atoms with van der Waals surface area (Å²) in [6.45, 7) is 4.31. The van der Waals surface area contributed by atoms with Crippen LogP contribution in [0.1, 0.15) is 19.3 Å². The van der Waals surface area contributed by atoms with Crippen LogP contribution in [0.5, 0.6) is 0 Å². The van der Waals surface area contributed by atoms with Crippen molar-refractivity contribution in [1.29, 1.82) is 0 Å². The highest BCUT2D eigenvalue weighted by molar-refractivity contribution is 6.07. The summed E-state index contributed by atoms with van der Waals surface area (Å²) in [4.78, 5) is 0. The molecular weight excluding hydrogens is 112 g/mol. The maximum Gasteiger partial charge on any atom is 0.0682 e. The normalized spacial score (nSPS) is 9.43. The van der Waals surface area contributed by atoms with Gasteiger partial charge in [-0.2, -0.15) is 0 Å². The van der Waals surface area contributed by atoms with Gasteiger partial charge in [0.1, 0.15) is 0 Å². The summed E-state index contributed by atoms with van der Waals surface area (Å²) >= 11 is 4.92. The predicted octanol–water partition coefficient (Wildman–Crippen LogP) is 2.16. The quantitative estimate of drug-likeness (QED) is 0.518. The molecule has 0 aliphatic carbocycles. The minimum atomic E-state index is 0.650. The maximum absolute atomic E-state index is 4.92. The third-order valence-electron chi connectivity index (χ3n) is 0.721. The van der Waals surface area contributed by atoms with Crippen molar-refractivity contribution >= 4 is 11.9 Å². The van der Waals surface area contributed by atoms with E-state index in [4.69, 9.17) is 11.9 Å². The molecule has 0 atom stereocenters. The zero-order valence-electron chi connectivity index (χ0n) is 4.32. The Labute approximate surface area is 49.8 Å². The summed E-state index contributed by atoms with van der Waals surface area (Å²) in [7, 11) is 0. The van der Waals surface area contributed by atoms with Gasteiger partial charge in [-0.15, -0.1) is 0 Å². The molecule has 0 heterocycles. The molecule has 0 aromatic rings. The van der Waals surface area contributed by atoms with E-state index < -0.39 is 0 Å². The molecule has 0 bridgehead atoms. The van der Waals surface area contributed by atoms with Crippen molar-refractivity contribution in [1.82, 2.24) is 0 Å². The molecule has 0 N–H and O–H groups in total. The Morgan fingerprint density at radius 3 is 2.57 bits per heavy atom. The van der Waals surface area contributed by atoms with Gasteiger partial charge in [-0.3, -0.25) is 4.29 Å². The van der Waals surface area contributed by atoms with Crippen LogP contribution in [-0.2, 0) is 4.29 Å². The molecule has 0 saturated heterocycles. The van der Waals surface area contributed by atoms with Gasteiger partial charge >= 0.3 is 0 Å². The molecule has 0 amide bonds. The number of rotatable bonds is 4. The van der Waals surface area contributed by atoms with Crippen molar-refractivity contribution in [2.45, 2.75) is 19.3 Å². The molecule has 0 rings (SSSR count). The average molecular weight is 122 g/mol. The highest BCUT2D eigenvalue weighted by atomic mass is 35.5. The summed E-state index contributed by atoms with van der Waals surface area (Å²) in [6, 6.07) is 0. The van der Waals surface area contributed by atoms with Crippen LogP contribution < -0.4 is 0 Å². The van der Waals surface area contributed by atoms with E-state index >= 15 is 0 Å². The van der Waals surface area contributed by atoms with Gasteiger partial charge in [0.15, 0.2) is 0 Å². The first kappa shape index (κ1) is 7.25. The first-order valence-electron chi connectivity index (χ1n) is 2.44. The Balaban J connectivity index is 2.45. The molecular formula is C5H10ClO. The van der Waals surface area contributed by atoms with E-state index in [0.717, 1.165) is 19.3 Å². The SMILES string of the molecule is [CH2]CCCCOCl. The van der Waals surface area contributed by atoms with Crippen molar-refractivity contribution < 1.29 is 4.29 Å². The Hall–Kier alpha value is 0.250. The van der Waals surface area contributed by atoms with Gasteiger partial charge in [0, 0.05) is 0 Å². The molecule has 0 aliphatic rings. The number of hydrogen-bond acceptors (Lipinski definition) is 1. The first-order chi connectivity index (χ1) is 3.41. The van der Waals surface area contributed by atoms with Crippen molar-refractivity contribution in [3.05, 3.63) is 6.92 Å². The third kappa shape index (κ3) is 6.25. The lowest BCUT2D eigenvalue weighted by molar-refractivity contribution is 0.339. The first-order valence-corrected chi connectivity index (χ1v) is 2.75. The molecule has 0 fully saturated rings. The summed E-state index contributed by atoms with van der Waals surface area (Å²) in [5.74, 6) is 0. The summed E-state index contributed by atoms with van der Waals surface area (Å²) in [6.07, 6.45) is 3.10. The fraction of sp³-hybridized carbons (Fsp3) is 0.800. The van der Waals surface area contributed by atoms with Gasteiger partial charge in [0.05, 0.1) is 18.5 Å².